The van der Waals surface area contributed by atoms with E-state index in [1.165, 1.54) is 70.9 Å². The lowest BCUT2D eigenvalue weighted by Crippen LogP contribution is -2.61. The van der Waals surface area contributed by atoms with Gasteiger partial charge in [-0.1, -0.05) is 32.3 Å². The van der Waals surface area contributed by atoms with E-state index in [1.807, 2.05) is 0 Å². The van der Waals surface area contributed by atoms with Crippen LogP contribution in [-0.2, 0) is 0 Å². The molecule has 0 bridgehead atoms. The van der Waals surface area contributed by atoms with Crippen molar-refractivity contribution < 1.29 is 0 Å². The first-order valence-corrected chi connectivity index (χ1v) is 8.93. The highest BCUT2D eigenvalue weighted by molar-refractivity contribution is 5.04. The molecule has 2 nitrogen and oxygen atoms in total. The number of piperidine rings is 1. The molecule has 1 aliphatic heterocycles. The third kappa shape index (κ3) is 3.65. The lowest BCUT2D eigenvalue weighted by atomic mass is 9.82. The molecule has 1 aliphatic carbocycles. The molecule has 116 valence electrons. The van der Waals surface area contributed by atoms with E-state index < -0.39 is 0 Å². The predicted molar refractivity (Wildman–Crippen MR) is 88.1 cm³/mol. The Kier molecular flexibility index (Phi) is 6.57. The first-order valence-electron chi connectivity index (χ1n) is 8.93. The Labute approximate surface area is 126 Å². The second-order valence-electron chi connectivity index (χ2n) is 6.73. The molecule has 1 saturated carbocycles. The van der Waals surface area contributed by atoms with Gasteiger partial charge in [0.25, 0.3) is 0 Å². The predicted octanol–water partition coefficient (Wildman–Crippen LogP) is 4.12. The van der Waals surface area contributed by atoms with Crippen LogP contribution in [0.15, 0.2) is 12.7 Å². The minimum atomic E-state index is 0.457. The summed E-state index contributed by atoms with van der Waals surface area (Å²) in [6, 6.07) is 0.668. The van der Waals surface area contributed by atoms with Crippen LogP contribution in [0.4, 0.5) is 0 Å². The Bertz CT molecular complexity index is 275. The molecule has 2 fully saturated rings. The molecule has 2 rings (SSSR count). The highest BCUT2D eigenvalue weighted by Gasteiger charge is 2.45. The standard InChI is InChI=1S/C18H34N2/c1-3-5-11-17(19-14-4-2)18(12-7-8-13-18)20-15-9-6-10-16-20/h3,17,19H,1,4-16H2,2H3. The highest BCUT2D eigenvalue weighted by Crippen LogP contribution is 2.41. The second kappa shape index (κ2) is 8.19. The van der Waals surface area contributed by atoms with Crippen molar-refractivity contribution in [3.05, 3.63) is 12.7 Å². The number of nitrogens with zero attached hydrogens (tertiary/aromatic N) is 1. The third-order valence-corrected chi connectivity index (χ3v) is 5.40. The molecule has 1 saturated heterocycles. The van der Waals surface area contributed by atoms with Crippen molar-refractivity contribution in [3.8, 4) is 0 Å². The SMILES string of the molecule is C=CCCC(NCCC)C1(N2CCCCC2)CCCC1. The monoisotopic (exact) mass is 278 g/mol. The lowest BCUT2D eigenvalue weighted by Gasteiger charge is -2.49. The molecule has 0 aromatic heterocycles. The van der Waals surface area contributed by atoms with Crippen molar-refractivity contribution in [1.29, 1.82) is 0 Å². The minimum absolute atomic E-state index is 0.457. The summed E-state index contributed by atoms with van der Waals surface area (Å²) < 4.78 is 0. The van der Waals surface area contributed by atoms with Crippen LogP contribution in [0, 0.1) is 0 Å². The molecular weight excluding hydrogens is 244 g/mol. The average molecular weight is 278 g/mol. The first kappa shape index (κ1) is 16.0. The number of rotatable bonds is 8. The second-order valence-corrected chi connectivity index (χ2v) is 6.73. The zero-order valence-corrected chi connectivity index (χ0v) is 13.5. The molecule has 1 atom stereocenters. The number of allylic oxidation sites excluding steroid dienone is 1. The zero-order chi connectivity index (χ0) is 14.3. The van der Waals surface area contributed by atoms with Crippen LogP contribution in [0.1, 0.15) is 71.1 Å². The maximum atomic E-state index is 3.93. The van der Waals surface area contributed by atoms with Crippen LogP contribution < -0.4 is 5.32 Å². The Hall–Kier alpha value is -0.340. The molecule has 1 heterocycles. The quantitative estimate of drug-likeness (QED) is 0.672. The van der Waals surface area contributed by atoms with Crippen LogP contribution in [0.3, 0.4) is 0 Å². The first-order chi connectivity index (χ1) is 9.83. The molecule has 1 N–H and O–H groups in total. The van der Waals surface area contributed by atoms with Crippen molar-refractivity contribution >= 4 is 0 Å². The van der Waals surface area contributed by atoms with Gasteiger partial charge in [0, 0.05) is 11.6 Å². The van der Waals surface area contributed by atoms with Gasteiger partial charge in [0.2, 0.25) is 0 Å². The summed E-state index contributed by atoms with van der Waals surface area (Å²) >= 11 is 0. The summed E-state index contributed by atoms with van der Waals surface area (Å²) in [5, 5.41) is 3.89. The van der Waals surface area contributed by atoms with E-state index in [1.54, 1.807) is 0 Å². The van der Waals surface area contributed by atoms with Crippen molar-refractivity contribution in [3.63, 3.8) is 0 Å². The van der Waals surface area contributed by atoms with Crippen LogP contribution in [-0.4, -0.2) is 36.1 Å². The molecule has 0 radical (unpaired) electrons. The highest BCUT2D eigenvalue weighted by atomic mass is 15.2. The van der Waals surface area contributed by atoms with E-state index >= 15 is 0 Å². The van der Waals surface area contributed by atoms with Gasteiger partial charge < -0.3 is 5.32 Å². The van der Waals surface area contributed by atoms with Crippen molar-refractivity contribution in [1.82, 2.24) is 10.2 Å². The minimum Gasteiger partial charge on any atom is -0.312 e. The maximum Gasteiger partial charge on any atom is 0.0362 e. The van der Waals surface area contributed by atoms with Gasteiger partial charge in [0.15, 0.2) is 0 Å². The fraction of sp³-hybridized carbons (Fsp3) is 0.889. The van der Waals surface area contributed by atoms with Crippen LogP contribution >= 0.6 is 0 Å². The summed E-state index contributed by atoms with van der Waals surface area (Å²) in [7, 11) is 0. The molecule has 20 heavy (non-hydrogen) atoms. The van der Waals surface area contributed by atoms with Gasteiger partial charge >= 0.3 is 0 Å². The molecule has 0 spiro atoms. The van der Waals surface area contributed by atoms with Gasteiger partial charge in [-0.15, -0.1) is 6.58 Å². The van der Waals surface area contributed by atoms with Crippen LogP contribution in [0.2, 0.25) is 0 Å². The third-order valence-electron chi connectivity index (χ3n) is 5.40. The van der Waals surface area contributed by atoms with Gasteiger partial charge in [0.05, 0.1) is 0 Å². The van der Waals surface area contributed by atoms with E-state index in [2.05, 4.69) is 29.8 Å². The van der Waals surface area contributed by atoms with Gasteiger partial charge in [-0.05, 0) is 64.6 Å². The van der Waals surface area contributed by atoms with Gasteiger partial charge in [-0.2, -0.15) is 0 Å². The van der Waals surface area contributed by atoms with Gasteiger partial charge in [-0.3, -0.25) is 4.90 Å². The van der Waals surface area contributed by atoms with Crippen LogP contribution in [0.25, 0.3) is 0 Å². The summed E-state index contributed by atoms with van der Waals surface area (Å²) in [6.45, 7) is 10.0. The summed E-state index contributed by atoms with van der Waals surface area (Å²) in [4.78, 5) is 2.86. The lowest BCUT2D eigenvalue weighted by molar-refractivity contribution is 0.0342. The number of nitrogens with one attached hydrogen (secondary N) is 1. The fourth-order valence-electron chi connectivity index (χ4n) is 4.38. The largest absolute Gasteiger partial charge is 0.312 e. The summed E-state index contributed by atoms with van der Waals surface area (Å²) in [6.07, 6.45) is 15.7. The van der Waals surface area contributed by atoms with E-state index in [4.69, 9.17) is 0 Å². The Morgan fingerprint density at radius 3 is 2.45 bits per heavy atom. The zero-order valence-electron chi connectivity index (χ0n) is 13.5. The van der Waals surface area contributed by atoms with Crippen molar-refractivity contribution in [2.24, 2.45) is 0 Å². The molecule has 0 aromatic carbocycles. The van der Waals surface area contributed by atoms with Crippen molar-refractivity contribution in [2.45, 2.75) is 82.7 Å². The van der Waals surface area contributed by atoms with Crippen LogP contribution in [0.5, 0.6) is 0 Å². The number of hydrogen-bond donors (Lipinski definition) is 1. The topological polar surface area (TPSA) is 15.3 Å². The molecule has 2 aliphatic rings. The fourth-order valence-corrected chi connectivity index (χ4v) is 4.38. The maximum absolute atomic E-state index is 3.93. The Morgan fingerprint density at radius 1 is 1.15 bits per heavy atom. The smallest absolute Gasteiger partial charge is 0.0362 e. The average Bonchev–Trinajstić information content (AvgIpc) is 2.99. The number of hydrogen-bond acceptors (Lipinski definition) is 2. The molecule has 0 amide bonds. The van der Waals surface area contributed by atoms with E-state index in [0.717, 1.165) is 13.0 Å². The Balaban J connectivity index is 2.10. The van der Waals surface area contributed by atoms with Gasteiger partial charge in [-0.25, -0.2) is 0 Å². The summed E-state index contributed by atoms with van der Waals surface area (Å²) in [5.41, 5.74) is 0.457. The van der Waals surface area contributed by atoms with Crippen molar-refractivity contribution in [2.75, 3.05) is 19.6 Å². The number of likely N-dealkylation sites (tertiary alicyclic amines) is 1. The van der Waals surface area contributed by atoms with E-state index in [9.17, 15) is 0 Å². The van der Waals surface area contributed by atoms with E-state index in [-0.39, 0.29) is 0 Å². The molecule has 2 heteroatoms. The van der Waals surface area contributed by atoms with E-state index in [0.29, 0.717) is 11.6 Å². The van der Waals surface area contributed by atoms with Gasteiger partial charge in [0.1, 0.15) is 0 Å². The normalized spacial score (nSPS) is 24.6. The molecular formula is C18H34N2. The molecule has 0 aromatic rings. The Morgan fingerprint density at radius 2 is 1.85 bits per heavy atom. The molecule has 1 unspecified atom stereocenters. The summed E-state index contributed by atoms with van der Waals surface area (Å²) in [5.74, 6) is 0.